The van der Waals surface area contributed by atoms with Crippen LogP contribution >= 0.6 is 0 Å². The molecule has 0 amide bonds. The second kappa shape index (κ2) is 4.77. The van der Waals surface area contributed by atoms with E-state index in [-0.39, 0.29) is 0 Å². The fourth-order valence-corrected chi connectivity index (χ4v) is 1.18. The maximum Gasteiger partial charge on any atom is 0.101 e. The van der Waals surface area contributed by atoms with Gasteiger partial charge in [0.2, 0.25) is 0 Å². The third kappa shape index (κ3) is 2.46. The minimum atomic E-state index is 0.523. The summed E-state index contributed by atoms with van der Waals surface area (Å²) in [6.45, 7) is 0.580. The molecule has 0 N–H and O–H groups in total. The molecule has 2 aromatic heterocycles. The average Bonchev–Trinajstić information content (AvgIpc) is 2.82. The second-order valence-corrected chi connectivity index (χ2v) is 3.11. The van der Waals surface area contributed by atoms with Gasteiger partial charge in [0.25, 0.3) is 0 Å². The summed E-state index contributed by atoms with van der Waals surface area (Å²) in [5.41, 5.74) is 1.27. The predicted octanol–water partition coefficient (Wildman–Crippen LogP) is 1.20. The third-order valence-electron chi connectivity index (χ3n) is 1.92. The highest BCUT2D eigenvalue weighted by Crippen LogP contribution is 1.99. The van der Waals surface area contributed by atoms with Crippen molar-refractivity contribution in [3.8, 4) is 17.9 Å². The average molecular weight is 208 g/mol. The lowest BCUT2D eigenvalue weighted by Crippen LogP contribution is -1.90. The van der Waals surface area contributed by atoms with Gasteiger partial charge in [0, 0.05) is 30.4 Å². The van der Waals surface area contributed by atoms with Crippen LogP contribution < -0.4 is 0 Å². The molecule has 16 heavy (non-hydrogen) atoms. The molecular weight excluding hydrogens is 200 g/mol. The van der Waals surface area contributed by atoms with Crippen LogP contribution in [0.1, 0.15) is 11.1 Å². The van der Waals surface area contributed by atoms with Gasteiger partial charge in [-0.3, -0.25) is 4.98 Å². The summed E-state index contributed by atoms with van der Waals surface area (Å²) < 4.78 is 1.87. The zero-order chi connectivity index (χ0) is 11.2. The number of pyridine rings is 1. The zero-order valence-corrected chi connectivity index (χ0v) is 8.46. The van der Waals surface area contributed by atoms with Gasteiger partial charge >= 0.3 is 0 Å². The Bertz CT molecular complexity index is 567. The Morgan fingerprint density at radius 2 is 2.12 bits per heavy atom. The van der Waals surface area contributed by atoms with Crippen molar-refractivity contribution in [2.24, 2.45) is 0 Å². The molecule has 4 heteroatoms. The van der Waals surface area contributed by atoms with Gasteiger partial charge < -0.3 is 4.57 Å². The molecule has 0 aliphatic heterocycles. The van der Waals surface area contributed by atoms with Crippen LogP contribution in [0, 0.1) is 23.2 Å². The van der Waals surface area contributed by atoms with Gasteiger partial charge in [0.15, 0.2) is 0 Å². The van der Waals surface area contributed by atoms with E-state index < -0.39 is 0 Å². The third-order valence-corrected chi connectivity index (χ3v) is 1.92. The van der Waals surface area contributed by atoms with E-state index in [0.717, 1.165) is 5.56 Å². The lowest BCUT2D eigenvalue weighted by molar-refractivity contribution is 0.840. The molecule has 0 bridgehead atoms. The van der Waals surface area contributed by atoms with Gasteiger partial charge in [0.1, 0.15) is 6.07 Å². The van der Waals surface area contributed by atoms with Crippen molar-refractivity contribution in [1.29, 1.82) is 5.26 Å². The van der Waals surface area contributed by atoms with Gasteiger partial charge in [-0.15, -0.1) is 0 Å². The Kier molecular flexibility index (Phi) is 2.96. The van der Waals surface area contributed by atoms with Crippen LogP contribution in [0.4, 0.5) is 0 Å². The largest absolute Gasteiger partial charge is 0.326 e. The van der Waals surface area contributed by atoms with E-state index in [9.17, 15) is 0 Å². The molecule has 0 saturated heterocycles. The quantitative estimate of drug-likeness (QED) is 0.662. The van der Waals surface area contributed by atoms with Crippen LogP contribution in [0.5, 0.6) is 0 Å². The molecule has 0 atom stereocenters. The summed E-state index contributed by atoms with van der Waals surface area (Å²) in [5, 5.41) is 8.69. The molecule has 4 nitrogen and oxygen atoms in total. The van der Waals surface area contributed by atoms with E-state index in [4.69, 9.17) is 5.26 Å². The lowest BCUT2D eigenvalue weighted by atomic mass is 10.2. The van der Waals surface area contributed by atoms with Crippen LogP contribution in [0.15, 0.2) is 37.2 Å². The molecule has 2 heterocycles. The highest BCUT2D eigenvalue weighted by molar-refractivity contribution is 5.38. The van der Waals surface area contributed by atoms with Gasteiger partial charge in [-0.2, -0.15) is 5.26 Å². The van der Waals surface area contributed by atoms with Crippen molar-refractivity contribution in [3.05, 3.63) is 48.3 Å². The van der Waals surface area contributed by atoms with Gasteiger partial charge in [-0.25, -0.2) is 4.98 Å². The first-order chi connectivity index (χ1) is 7.88. The first-order valence-electron chi connectivity index (χ1n) is 4.68. The van der Waals surface area contributed by atoms with Crippen LogP contribution in [0.3, 0.4) is 0 Å². The molecule has 0 saturated carbocycles. The molecule has 0 aliphatic rings. The summed E-state index contributed by atoms with van der Waals surface area (Å²) >= 11 is 0. The van der Waals surface area contributed by atoms with E-state index in [2.05, 4.69) is 21.8 Å². The maximum absolute atomic E-state index is 8.69. The Hall–Kier alpha value is -2.59. The van der Waals surface area contributed by atoms with Crippen molar-refractivity contribution in [2.75, 3.05) is 0 Å². The van der Waals surface area contributed by atoms with Crippen molar-refractivity contribution < 1.29 is 0 Å². The molecule has 0 aromatic carbocycles. The van der Waals surface area contributed by atoms with E-state index >= 15 is 0 Å². The summed E-state index contributed by atoms with van der Waals surface area (Å²) in [5.74, 6) is 5.92. The molecule has 0 fully saturated rings. The van der Waals surface area contributed by atoms with E-state index in [1.165, 1.54) is 6.20 Å². The van der Waals surface area contributed by atoms with E-state index in [0.29, 0.717) is 12.1 Å². The number of nitriles is 1. The van der Waals surface area contributed by atoms with E-state index in [1.54, 1.807) is 24.8 Å². The van der Waals surface area contributed by atoms with Crippen LogP contribution in [0.25, 0.3) is 0 Å². The summed E-state index contributed by atoms with van der Waals surface area (Å²) in [6, 6.07) is 3.74. The minimum absolute atomic E-state index is 0.523. The van der Waals surface area contributed by atoms with Crippen LogP contribution in [-0.4, -0.2) is 14.5 Å². The number of hydrogen-bond acceptors (Lipinski definition) is 3. The van der Waals surface area contributed by atoms with Gasteiger partial charge in [-0.05, 0) is 6.07 Å². The highest BCUT2D eigenvalue weighted by atomic mass is 15.0. The molecule has 0 aliphatic carbocycles. The Labute approximate surface area is 93.2 Å². The normalized spacial score (nSPS) is 8.94. The van der Waals surface area contributed by atoms with Crippen LogP contribution in [0.2, 0.25) is 0 Å². The number of imidazole rings is 1. The topological polar surface area (TPSA) is 54.5 Å². The molecular formula is C12H8N4. The summed E-state index contributed by atoms with van der Waals surface area (Å²) in [4.78, 5) is 7.84. The molecule has 0 unspecified atom stereocenters. The first-order valence-corrected chi connectivity index (χ1v) is 4.68. The number of hydrogen-bond donors (Lipinski definition) is 0. The molecule has 2 rings (SSSR count). The fraction of sp³-hybridized carbons (Fsp3) is 0.0833. The first kappa shape index (κ1) is 9.95. The van der Waals surface area contributed by atoms with Crippen molar-refractivity contribution in [2.45, 2.75) is 6.54 Å². The smallest absolute Gasteiger partial charge is 0.101 e. The minimum Gasteiger partial charge on any atom is -0.326 e. The summed E-state index contributed by atoms with van der Waals surface area (Å²) in [7, 11) is 0. The summed E-state index contributed by atoms with van der Waals surface area (Å²) in [6.07, 6.45) is 8.42. The molecule has 76 valence electrons. The number of rotatable bonds is 1. The van der Waals surface area contributed by atoms with Crippen molar-refractivity contribution >= 4 is 0 Å². The SMILES string of the molecule is N#Cc1cncc(C#CCn2ccnc2)c1. The molecule has 2 aromatic rings. The monoisotopic (exact) mass is 208 g/mol. The molecule has 0 radical (unpaired) electrons. The molecule has 0 spiro atoms. The Balaban J connectivity index is 2.09. The van der Waals surface area contributed by atoms with Gasteiger partial charge in [-0.1, -0.05) is 11.8 Å². The maximum atomic E-state index is 8.69. The zero-order valence-electron chi connectivity index (χ0n) is 8.46. The fourth-order valence-electron chi connectivity index (χ4n) is 1.18. The standard InChI is InChI=1S/C12H8N4/c13-7-12-6-11(8-15-9-12)2-1-4-16-5-3-14-10-16/h3,5-6,8-10H,4H2. The van der Waals surface area contributed by atoms with Crippen LogP contribution in [-0.2, 0) is 6.54 Å². The van der Waals surface area contributed by atoms with Gasteiger partial charge in [0.05, 0.1) is 18.4 Å². The number of aromatic nitrogens is 3. The second-order valence-electron chi connectivity index (χ2n) is 3.11. The van der Waals surface area contributed by atoms with Crippen molar-refractivity contribution in [3.63, 3.8) is 0 Å². The van der Waals surface area contributed by atoms with Crippen molar-refractivity contribution in [1.82, 2.24) is 14.5 Å². The highest BCUT2D eigenvalue weighted by Gasteiger charge is 1.91. The van der Waals surface area contributed by atoms with E-state index in [1.807, 2.05) is 16.8 Å². The Morgan fingerprint density at radius 1 is 1.25 bits per heavy atom. The lowest BCUT2D eigenvalue weighted by Gasteiger charge is -1.92. The number of nitrogens with zero attached hydrogens (tertiary/aromatic N) is 4. The Morgan fingerprint density at radius 3 is 2.88 bits per heavy atom. The predicted molar refractivity (Wildman–Crippen MR) is 58.1 cm³/mol.